The fourth-order valence-corrected chi connectivity index (χ4v) is 2.33. The van der Waals surface area contributed by atoms with Crippen LogP contribution in [0.3, 0.4) is 0 Å². The largest absolute Gasteiger partial charge is 0.490 e. The fourth-order valence-electron chi connectivity index (χ4n) is 1.50. The van der Waals surface area contributed by atoms with Crippen molar-refractivity contribution in [2.45, 2.75) is 6.04 Å². The first-order valence-corrected chi connectivity index (χ1v) is 5.13. The summed E-state index contributed by atoms with van der Waals surface area (Å²) >= 11 is 2.13. The molecular weight excluding hydrogens is 297 g/mol. The number of rotatable bonds is 1. The van der Waals surface area contributed by atoms with Gasteiger partial charge in [-0.3, -0.25) is 0 Å². The van der Waals surface area contributed by atoms with Crippen LogP contribution in [0.2, 0.25) is 0 Å². The van der Waals surface area contributed by atoms with Crippen LogP contribution >= 0.6 is 22.6 Å². The van der Waals surface area contributed by atoms with Gasteiger partial charge in [0, 0.05) is 9.13 Å². The van der Waals surface area contributed by atoms with Crippen molar-refractivity contribution in [2.75, 3.05) is 6.61 Å². The molecule has 0 saturated heterocycles. The number of nitrogens with two attached hydrogens (primary N) is 1. The molecule has 0 aliphatic carbocycles. The van der Waals surface area contributed by atoms with Gasteiger partial charge in [-0.05, 0) is 34.7 Å². The van der Waals surface area contributed by atoms with Gasteiger partial charge in [-0.2, -0.15) is 0 Å². The maximum Gasteiger partial charge on any atom is 0.339 e. The summed E-state index contributed by atoms with van der Waals surface area (Å²) in [5.74, 6) is -0.552. The third-order valence-corrected chi connectivity index (χ3v) is 3.09. The van der Waals surface area contributed by atoms with E-state index in [1.165, 1.54) is 0 Å². The third-order valence-electron chi connectivity index (χ3n) is 2.15. The van der Waals surface area contributed by atoms with Gasteiger partial charge in [0.2, 0.25) is 0 Å². The number of hydrogen-bond donors (Lipinski definition) is 2. The molecule has 5 heteroatoms. The molecule has 1 aromatic rings. The molecule has 0 unspecified atom stereocenters. The second-order valence-corrected chi connectivity index (χ2v) is 4.22. The topological polar surface area (TPSA) is 72.5 Å². The zero-order chi connectivity index (χ0) is 10.3. The molecule has 0 fully saturated rings. The Labute approximate surface area is 94.2 Å². The molecule has 2 rings (SSSR count). The van der Waals surface area contributed by atoms with Gasteiger partial charge < -0.3 is 15.6 Å². The van der Waals surface area contributed by atoms with E-state index in [9.17, 15) is 4.79 Å². The molecule has 14 heavy (non-hydrogen) atoms. The summed E-state index contributed by atoms with van der Waals surface area (Å²) in [5.41, 5.74) is 6.79. The number of carboxylic acid groups (broad SMARTS) is 1. The summed E-state index contributed by atoms with van der Waals surface area (Å²) in [6, 6.07) is 3.08. The Balaban J connectivity index is 2.64. The van der Waals surface area contributed by atoms with E-state index >= 15 is 0 Å². The lowest BCUT2D eigenvalue weighted by Gasteiger charge is -2.06. The minimum atomic E-state index is -0.980. The van der Waals surface area contributed by atoms with Gasteiger partial charge in [0.05, 0.1) is 6.04 Å². The Kier molecular flexibility index (Phi) is 2.36. The smallest absolute Gasteiger partial charge is 0.339 e. The predicted octanol–water partition coefficient (Wildman–Crippen LogP) is 1.38. The first-order chi connectivity index (χ1) is 6.61. The normalized spacial score (nSPS) is 18.9. The van der Waals surface area contributed by atoms with Crippen LogP contribution in [-0.2, 0) is 0 Å². The highest BCUT2D eigenvalue weighted by molar-refractivity contribution is 14.1. The SMILES string of the molecule is N[C@@H]1COc2c(C(=O)O)ccc(I)c21. The molecule has 0 aromatic heterocycles. The van der Waals surface area contributed by atoms with Crippen molar-refractivity contribution >= 4 is 28.6 Å². The highest BCUT2D eigenvalue weighted by atomic mass is 127. The molecule has 74 valence electrons. The molecule has 4 nitrogen and oxygen atoms in total. The number of halogens is 1. The molecule has 1 aromatic carbocycles. The molecule has 1 aliphatic rings. The monoisotopic (exact) mass is 305 g/mol. The lowest BCUT2D eigenvalue weighted by molar-refractivity contribution is 0.0693. The number of benzene rings is 1. The van der Waals surface area contributed by atoms with Crippen LogP contribution in [0.15, 0.2) is 12.1 Å². The Bertz CT molecular complexity index is 405. The molecule has 0 spiro atoms. The van der Waals surface area contributed by atoms with Gasteiger partial charge in [0.1, 0.15) is 17.9 Å². The van der Waals surface area contributed by atoms with Gasteiger partial charge in [0.15, 0.2) is 0 Å². The summed E-state index contributed by atoms with van der Waals surface area (Å²) in [6.07, 6.45) is 0. The molecule has 0 amide bonds. The van der Waals surface area contributed by atoms with Crippen LogP contribution in [0.5, 0.6) is 5.75 Å². The highest BCUT2D eigenvalue weighted by Crippen LogP contribution is 2.37. The van der Waals surface area contributed by atoms with Crippen LogP contribution in [0, 0.1) is 3.57 Å². The molecule has 0 saturated carbocycles. The van der Waals surface area contributed by atoms with E-state index in [2.05, 4.69) is 22.6 Å². The first kappa shape index (κ1) is 9.72. The van der Waals surface area contributed by atoms with Crippen molar-refractivity contribution in [1.29, 1.82) is 0 Å². The molecule has 1 heterocycles. The molecule has 0 radical (unpaired) electrons. The highest BCUT2D eigenvalue weighted by Gasteiger charge is 2.28. The van der Waals surface area contributed by atoms with Crippen molar-refractivity contribution in [1.82, 2.24) is 0 Å². The van der Waals surface area contributed by atoms with E-state index in [0.29, 0.717) is 12.4 Å². The molecule has 1 atom stereocenters. The predicted molar refractivity (Wildman–Crippen MR) is 58.5 cm³/mol. The van der Waals surface area contributed by atoms with E-state index in [4.69, 9.17) is 15.6 Å². The second kappa shape index (κ2) is 3.39. The molecule has 3 N–H and O–H groups in total. The van der Waals surface area contributed by atoms with Crippen molar-refractivity contribution in [3.8, 4) is 5.75 Å². The van der Waals surface area contributed by atoms with E-state index < -0.39 is 5.97 Å². The van der Waals surface area contributed by atoms with Gasteiger partial charge in [-0.15, -0.1) is 0 Å². The summed E-state index contributed by atoms with van der Waals surface area (Å²) in [7, 11) is 0. The van der Waals surface area contributed by atoms with E-state index in [1.54, 1.807) is 12.1 Å². The number of fused-ring (bicyclic) bond motifs is 1. The van der Waals surface area contributed by atoms with Crippen LogP contribution in [0.4, 0.5) is 0 Å². The molecule has 1 aliphatic heterocycles. The maximum atomic E-state index is 10.9. The lowest BCUT2D eigenvalue weighted by Crippen LogP contribution is -2.11. The second-order valence-electron chi connectivity index (χ2n) is 3.06. The van der Waals surface area contributed by atoms with Gasteiger partial charge in [0.25, 0.3) is 0 Å². The van der Waals surface area contributed by atoms with Crippen molar-refractivity contribution < 1.29 is 14.6 Å². The summed E-state index contributed by atoms with van der Waals surface area (Å²) in [6.45, 7) is 0.357. The number of ether oxygens (including phenoxy) is 1. The summed E-state index contributed by atoms with van der Waals surface area (Å²) in [4.78, 5) is 10.9. The number of carbonyl (C=O) groups is 1. The summed E-state index contributed by atoms with van der Waals surface area (Å²) < 4.78 is 6.22. The number of aromatic carboxylic acids is 1. The standard InChI is InChI=1S/C9H8INO3/c10-5-2-1-4(9(12)13)8-7(5)6(11)3-14-8/h1-2,6H,3,11H2,(H,12,13)/t6-/m1/s1. The van der Waals surface area contributed by atoms with E-state index in [1.807, 2.05) is 0 Å². The Morgan fingerprint density at radius 1 is 1.64 bits per heavy atom. The van der Waals surface area contributed by atoms with Gasteiger partial charge in [-0.1, -0.05) is 0 Å². The van der Waals surface area contributed by atoms with Crippen LogP contribution in [0.25, 0.3) is 0 Å². The molecular formula is C9H8INO3. The zero-order valence-electron chi connectivity index (χ0n) is 7.16. The van der Waals surface area contributed by atoms with Gasteiger partial charge >= 0.3 is 5.97 Å². The Morgan fingerprint density at radius 3 is 3.00 bits per heavy atom. The molecule has 0 bridgehead atoms. The van der Waals surface area contributed by atoms with Crippen LogP contribution in [-0.4, -0.2) is 17.7 Å². The zero-order valence-corrected chi connectivity index (χ0v) is 9.32. The van der Waals surface area contributed by atoms with Crippen molar-refractivity contribution in [2.24, 2.45) is 5.73 Å². The minimum Gasteiger partial charge on any atom is -0.490 e. The minimum absolute atomic E-state index is 0.188. The number of carboxylic acids is 1. The van der Waals surface area contributed by atoms with Crippen LogP contribution in [0.1, 0.15) is 22.0 Å². The average Bonchev–Trinajstić information content (AvgIpc) is 2.49. The first-order valence-electron chi connectivity index (χ1n) is 4.05. The fraction of sp³-hybridized carbons (Fsp3) is 0.222. The van der Waals surface area contributed by atoms with Gasteiger partial charge in [-0.25, -0.2) is 4.79 Å². The average molecular weight is 305 g/mol. The summed E-state index contributed by atoms with van der Waals surface area (Å²) in [5, 5.41) is 8.90. The lowest BCUT2D eigenvalue weighted by atomic mass is 10.1. The maximum absolute atomic E-state index is 10.9. The Hall–Kier alpha value is -0.820. The number of hydrogen-bond acceptors (Lipinski definition) is 3. The quantitative estimate of drug-likeness (QED) is 0.769. The van der Waals surface area contributed by atoms with E-state index in [0.717, 1.165) is 9.13 Å². The third kappa shape index (κ3) is 1.36. The van der Waals surface area contributed by atoms with Crippen LogP contribution < -0.4 is 10.5 Å². The van der Waals surface area contributed by atoms with E-state index in [-0.39, 0.29) is 11.6 Å². The van der Waals surface area contributed by atoms with Crippen molar-refractivity contribution in [3.63, 3.8) is 0 Å². The van der Waals surface area contributed by atoms with Crippen molar-refractivity contribution in [3.05, 3.63) is 26.8 Å². The Morgan fingerprint density at radius 2 is 2.36 bits per heavy atom.